The van der Waals surface area contributed by atoms with Crippen LogP contribution < -0.4 is 0 Å². The van der Waals surface area contributed by atoms with E-state index in [1.54, 1.807) is 0 Å². The molecule has 0 amide bonds. The summed E-state index contributed by atoms with van der Waals surface area (Å²) in [6.07, 6.45) is 8.20. The molecule has 1 fully saturated rings. The molecule has 0 bridgehead atoms. The minimum absolute atomic E-state index is 0.503. The second-order valence-corrected chi connectivity index (χ2v) is 6.52. The molecule has 0 unspecified atom stereocenters. The standard InChI is InChI=1S/C19H23N5/c1-15-22-12-18(24(15)17-7-3-2-4-8-17)14-23-11-5-6-16(13-23)19-20-9-10-21-19/h2-4,7-10,12,16H,5-6,11,13-14H2,1H3,(H,20,21)/t16-/m0/s1. The van der Waals surface area contributed by atoms with Gasteiger partial charge in [-0.05, 0) is 38.4 Å². The van der Waals surface area contributed by atoms with Crippen LogP contribution in [0.2, 0.25) is 0 Å². The third kappa shape index (κ3) is 2.99. The number of benzene rings is 1. The van der Waals surface area contributed by atoms with Gasteiger partial charge in [0.1, 0.15) is 11.6 Å². The van der Waals surface area contributed by atoms with E-state index in [0.717, 1.165) is 31.3 Å². The number of H-pyrrole nitrogens is 1. The van der Waals surface area contributed by atoms with E-state index < -0.39 is 0 Å². The molecule has 1 saturated heterocycles. The Labute approximate surface area is 142 Å². The lowest BCUT2D eigenvalue weighted by atomic mass is 9.97. The van der Waals surface area contributed by atoms with Crippen LogP contribution in [0.25, 0.3) is 5.69 Å². The van der Waals surface area contributed by atoms with Crippen molar-refractivity contribution in [1.82, 2.24) is 24.4 Å². The number of piperidine rings is 1. The Kier molecular flexibility index (Phi) is 4.17. The summed E-state index contributed by atoms with van der Waals surface area (Å²) in [7, 11) is 0. The minimum atomic E-state index is 0.503. The van der Waals surface area contributed by atoms with Crippen molar-refractivity contribution < 1.29 is 0 Å². The van der Waals surface area contributed by atoms with Crippen molar-refractivity contribution >= 4 is 0 Å². The summed E-state index contributed by atoms with van der Waals surface area (Å²) in [4.78, 5) is 14.8. The highest BCUT2D eigenvalue weighted by atomic mass is 15.2. The van der Waals surface area contributed by atoms with E-state index >= 15 is 0 Å². The number of aryl methyl sites for hydroxylation is 1. The number of hydrogen-bond donors (Lipinski definition) is 1. The van der Waals surface area contributed by atoms with Gasteiger partial charge in [-0.1, -0.05) is 18.2 Å². The Morgan fingerprint density at radius 1 is 1.21 bits per heavy atom. The average molecular weight is 321 g/mol. The third-order valence-corrected chi connectivity index (χ3v) is 4.82. The Morgan fingerprint density at radius 2 is 2.08 bits per heavy atom. The predicted octanol–water partition coefficient (Wildman–Crippen LogP) is 3.28. The maximum atomic E-state index is 4.55. The van der Waals surface area contributed by atoms with Gasteiger partial charge in [-0.25, -0.2) is 9.97 Å². The van der Waals surface area contributed by atoms with Crippen LogP contribution in [0.15, 0.2) is 48.9 Å². The van der Waals surface area contributed by atoms with Crippen LogP contribution in [-0.4, -0.2) is 37.5 Å². The number of imidazole rings is 2. The SMILES string of the molecule is Cc1ncc(CN2CCC[C@H](c3ncc[nH]3)C2)n1-c1ccccc1. The molecular weight excluding hydrogens is 298 g/mol. The van der Waals surface area contributed by atoms with Crippen LogP contribution in [0.5, 0.6) is 0 Å². The lowest BCUT2D eigenvalue weighted by Crippen LogP contribution is -2.34. The van der Waals surface area contributed by atoms with Crippen molar-refractivity contribution in [2.45, 2.75) is 32.2 Å². The molecule has 1 aromatic carbocycles. The summed E-state index contributed by atoms with van der Waals surface area (Å²) in [6.45, 7) is 5.17. The van der Waals surface area contributed by atoms with Crippen molar-refractivity contribution in [2.75, 3.05) is 13.1 Å². The Morgan fingerprint density at radius 3 is 2.88 bits per heavy atom. The second-order valence-electron chi connectivity index (χ2n) is 6.52. The van der Waals surface area contributed by atoms with Gasteiger partial charge in [0.05, 0.1) is 11.9 Å². The number of nitrogens with zero attached hydrogens (tertiary/aromatic N) is 4. The van der Waals surface area contributed by atoms with Crippen molar-refractivity contribution in [3.05, 3.63) is 66.3 Å². The molecule has 0 saturated carbocycles. The van der Waals surface area contributed by atoms with Gasteiger partial charge < -0.3 is 4.98 Å². The zero-order chi connectivity index (χ0) is 16.4. The summed E-state index contributed by atoms with van der Waals surface area (Å²) in [5.74, 6) is 2.66. The monoisotopic (exact) mass is 321 g/mol. The molecule has 3 heterocycles. The summed E-state index contributed by atoms with van der Waals surface area (Å²) in [5, 5.41) is 0. The van der Waals surface area contributed by atoms with Crippen molar-refractivity contribution in [3.63, 3.8) is 0 Å². The third-order valence-electron chi connectivity index (χ3n) is 4.82. The molecule has 4 rings (SSSR count). The lowest BCUT2D eigenvalue weighted by molar-refractivity contribution is 0.194. The van der Waals surface area contributed by atoms with Gasteiger partial charge in [0, 0.05) is 37.1 Å². The Hall–Kier alpha value is -2.40. The zero-order valence-corrected chi connectivity index (χ0v) is 14.0. The van der Waals surface area contributed by atoms with Gasteiger partial charge >= 0.3 is 0 Å². The van der Waals surface area contributed by atoms with Crippen LogP contribution in [0.4, 0.5) is 0 Å². The van der Waals surface area contributed by atoms with Crippen LogP contribution in [0.1, 0.15) is 36.1 Å². The molecule has 1 N–H and O–H groups in total. The maximum absolute atomic E-state index is 4.55. The quantitative estimate of drug-likeness (QED) is 0.802. The van der Waals surface area contributed by atoms with Crippen LogP contribution in [0, 0.1) is 6.92 Å². The molecule has 0 radical (unpaired) electrons. The number of hydrogen-bond acceptors (Lipinski definition) is 3. The van der Waals surface area contributed by atoms with Crippen LogP contribution in [-0.2, 0) is 6.54 Å². The molecule has 3 aromatic rings. The lowest BCUT2D eigenvalue weighted by Gasteiger charge is -2.31. The molecule has 2 aromatic heterocycles. The van der Waals surface area contributed by atoms with Gasteiger partial charge in [-0.3, -0.25) is 9.47 Å². The minimum Gasteiger partial charge on any atom is -0.348 e. The predicted molar refractivity (Wildman–Crippen MR) is 94.1 cm³/mol. The maximum Gasteiger partial charge on any atom is 0.110 e. The van der Waals surface area contributed by atoms with E-state index in [9.17, 15) is 0 Å². The first-order valence-electron chi connectivity index (χ1n) is 8.61. The average Bonchev–Trinajstić information content (AvgIpc) is 3.26. The highest BCUT2D eigenvalue weighted by molar-refractivity contribution is 5.35. The van der Waals surface area contributed by atoms with Crippen LogP contribution >= 0.6 is 0 Å². The van der Waals surface area contributed by atoms with E-state index in [2.05, 4.69) is 55.6 Å². The molecule has 1 aliphatic heterocycles. The first-order valence-corrected chi connectivity index (χ1v) is 8.61. The molecule has 1 aliphatic rings. The largest absolute Gasteiger partial charge is 0.348 e. The van der Waals surface area contributed by atoms with Gasteiger partial charge in [-0.2, -0.15) is 0 Å². The molecule has 1 atom stereocenters. The zero-order valence-electron chi connectivity index (χ0n) is 14.0. The number of rotatable bonds is 4. The Balaban J connectivity index is 1.54. The fraction of sp³-hybridized carbons (Fsp3) is 0.368. The summed E-state index contributed by atoms with van der Waals surface area (Å²) in [6, 6.07) is 10.5. The second kappa shape index (κ2) is 6.61. The fourth-order valence-corrected chi connectivity index (χ4v) is 3.68. The van der Waals surface area contributed by atoms with Gasteiger partial charge in [-0.15, -0.1) is 0 Å². The molecule has 124 valence electrons. The Bertz CT molecular complexity index is 775. The molecule has 5 nitrogen and oxygen atoms in total. The van der Waals surface area contributed by atoms with Crippen molar-refractivity contribution in [3.8, 4) is 5.69 Å². The van der Waals surface area contributed by atoms with Crippen LogP contribution in [0.3, 0.4) is 0 Å². The summed E-state index contributed by atoms with van der Waals surface area (Å²) >= 11 is 0. The van der Waals surface area contributed by atoms with E-state index in [0.29, 0.717) is 5.92 Å². The van der Waals surface area contributed by atoms with E-state index in [4.69, 9.17) is 0 Å². The topological polar surface area (TPSA) is 49.7 Å². The number of aromatic amines is 1. The van der Waals surface area contributed by atoms with E-state index in [1.807, 2.05) is 24.7 Å². The van der Waals surface area contributed by atoms with Crippen molar-refractivity contribution in [1.29, 1.82) is 0 Å². The molecule has 24 heavy (non-hydrogen) atoms. The first kappa shape index (κ1) is 15.1. The normalized spacial score (nSPS) is 18.8. The molecular formula is C19H23N5. The van der Waals surface area contributed by atoms with Gasteiger partial charge in [0.15, 0.2) is 0 Å². The van der Waals surface area contributed by atoms with Crippen molar-refractivity contribution in [2.24, 2.45) is 0 Å². The number of nitrogens with one attached hydrogen (secondary N) is 1. The highest BCUT2D eigenvalue weighted by Gasteiger charge is 2.24. The fourth-order valence-electron chi connectivity index (χ4n) is 3.68. The van der Waals surface area contributed by atoms with E-state index in [1.165, 1.54) is 24.2 Å². The van der Waals surface area contributed by atoms with E-state index in [-0.39, 0.29) is 0 Å². The van der Waals surface area contributed by atoms with Gasteiger partial charge in [0.2, 0.25) is 0 Å². The number of para-hydroxylation sites is 1. The summed E-state index contributed by atoms with van der Waals surface area (Å²) < 4.78 is 2.26. The van der Waals surface area contributed by atoms with Gasteiger partial charge in [0.25, 0.3) is 0 Å². The number of likely N-dealkylation sites (tertiary alicyclic amines) is 1. The number of aromatic nitrogens is 4. The smallest absolute Gasteiger partial charge is 0.110 e. The highest BCUT2D eigenvalue weighted by Crippen LogP contribution is 2.26. The molecule has 5 heteroatoms. The molecule has 0 spiro atoms. The summed E-state index contributed by atoms with van der Waals surface area (Å²) in [5.41, 5.74) is 2.43. The first-order chi connectivity index (χ1) is 11.8. The molecule has 0 aliphatic carbocycles.